The first kappa shape index (κ1) is 20.2. The molecule has 0 aliphatic heterocycles. The molecular formula is C29H36. The Hall–Kier alpha value is -2.08. The lowest BCUT2D eigenvalue weighted by Crippen LogP contribution is -2.17. The molecular weight excluding hydrogens is 348 g/mol. The molecule has 29 heavy (non-hydrogen) atoms. The maximum atomic E-state index is 4.19. The Labute approximate surface area is 177 Å². The third-order valence-corrected chi connectivity index (χ3v) is 7.36. The van der Waals surface area contributed by atoms with E-state index in [9.17, 15) is 0 Å². The average molecular weight is 385 g/mol. The van der Waals surface area contributed by atoms with Crippen molar-refractivity contribution in [2.24, 2.45) is 23.7 Å². The first-order valence-corrected chi connectivity index (χ1v) is 11.6. The van der Waals surface area contributed by atoms with Crippen molar-refractivity contribution in [3.05, 3.63) is 95.6 Å². The second-order valence-electron chi connectivity index (χ2n) is 9.26. The molecule has 0 heteroatoms. The van der Waals surface area contributed by atoms with Gasteiger partial charge in [0, 0.05) is 11.8 Å². The zero-order valence-corrected chi connectivity index (χ0v) is 18.4. The van der Waals surface area contributed by atoms with E-state index in [2.05, 4.69) is 94.2 Å². The van der Waals surface area contributed by atoms with Crippen LogP contribution >= 0.6 is 0 Å². The Balaban J connectivity index is 1.67. The third-order valence-electron chi connectivity index (χ3n) is 7.36. The zero-order valence-electron chi connectivity index (χ0n) is 18.4. The van der Waals surface area contributed by atoms with Crippen LogP contribution in [0.15, 0.2) is 79.0 Å². The van der Waals surface area contributed by atoms with Gasteiger partial charge < -0.3 is 0 Å². The summed E-state index contributed by atoms with van der Waals surface area (Å²) in [6.45, 7) is 11.0. The SMILES string of the molecule is C=CC1CC(C=CC)c2cc(CC=CC3CC3CC)ccc2C2C1=CC=CC2C. The van der Waals surface area contributed by atoms with E-state index in [-0.39, 0.29) is 0 Å². The summed E-state index contributed by atoms with van der Waals surface area (Å²) in [7, 11) is 0. The number of fused-ring (bicyclic) bond motifs is 3. The lowest BCUT2D eigenvalue weighted by Gasteiger charge is -2.30. The van der Waals surface area contributed by atoms with Crippen LogP contribution < -0.4 is 0 Å². The van der Waals surface area contributed by atoms with Gasteiger partial charge >= 0.3 is 0 Å². The smallest absolute Gasteiger partial charge is 0.0120 e. The molecule has 0 bridgehead atoms. The standard InChI is InChI=1S/C29H36/c1-5-10-25-19-23(7-3)26-14-8-11-20(4)29(26)27-16-15-21(17-28(25)27)12-9-13-24-18-22(24)6-2/h5,7-11,13-17,20,22-25,29H,3,6,12,18-19H2,1-2,4H3. The van der Waals surface area contributed by atoms with E-state index in [1.165, 1.54) is 29.5 Å². The Morgan fingerprint density at radius 3 is 2.69 bits per heavy atom. The van der Waals surface area contributed by atoms with Crippen molar-refractivity contribution in [1.29, 1.82) is 0 Å². The summed E-state index contributed by atoms with van der Waals surface area (Å²) in [6, 6.07) is 7.31. The third kappa shape index (κ3) is 4.13. The summed E-state index contributed by atoms with van der Waals surface area (Å²) in [5.41, 5.74) is 6.07. The van der Waals surface area contributed by atoms with Gasteiger partial charge in [-0.3, -0.25) is 0 Å². The lowest BCUT2D eigenvalue weighted by molar-refractivity contribution is 0.544. The molecule has 0 saturated heterocycles. The molecule has 0 spiro atoms. The highest BCUT2D eigenvalue weighted by molar-refractivity contribution is 5.49. The molecule has 4 rings (SSSR count). The summed E-state index contributed by atoms with van der Waals surface area (Å²) in [4.78, 5) is 0. The molecule has 0 nitrogen and oxygen atoms in total. The summed E-state index contributed by atoms with van der Waals surface area (Å²) in [5.74, 6) is 3.72. The van der Waals surface area contributed by atoms with Crippen LogP contribution in [0.2, 0.25) is 0 Å². The minimum Gasteiger partial charge on any atom is -0.102 e. The first-order chi connectivity index (χ1) is 14.2. The molecule has 0 aromatic heterocycles. The van der Waals surface area contributed by atoms with Gasteiger partial charge in [0.1, 0.15) is 0 Å². The van der Waals surface area contributed by atoms with Gasteiger partial charge in [-0.1, -0.05) is 92.6 Å². The molecule has 6 atom stereocenters. The molecule has 3 aliphatic rings. The number of allylic oxidation sites excluding steroid dienone is 9. The topological polar surface area (TPSA) is 0 Å². The fourth-order valence-corrected chi connectivity index (χ4v) is 5.57. The Bertz CT molecular complexity index is 862. The fraction of sp³-hybridized carbons (Fsp3) is 0.448. The molecule has 0 radical (unpaired) electrons. The zero-order chi connectivity index (χ0) is 20.4. The second kappa shape index (κ2) is 8.74. The minimum absolute atomic E-state index is 0.449. The quantitative estimate of drug-likeness (QED) is 0.437. The average Bonchev–Trinajstić information content (AvgIpc) is 3.51. The van der Waals surface area contributed by atoms with Gasteiger partial charge in [-0.15, -0.1) is 6.58 Å². The van der Waals surface area contributed by atoms with Gasteiger partial charge in [0.15, 0.2) is 0 Å². The molecule has 6 unspecified atom stereocenters. The number of hydrogen-bond acceptors (Lipinski definition) is 0. The normalized spacial score (nSPS) is 33.3. The minimum atomic E-state index is 0.449. The van der Waals surface area contributed by atoms with E-state index in [0.29, 0.717) is 23.7 Å². The first-order valence-electron chi connectivity index (χ1n) is 11.6. The van der Waals surface area contributed by atoms with E-state index >= 15 is 0 Å². The van der Waals surface area contributed by atoms with Gasteiger partial charge in [-0.05, 0) is 66.5 Å². The molecule has 0 N–H and O–H groups in total. The predicted molar refractivity (Wildman–Crippen MR) is 126 cm³/mol. The van der Waals surface area contributed by atoms with E-state index in [1.807, 2.05) is 0 Å². The lowest BCUT2D eigenvalue weighted by atomic mass is 9.74. The molecule has 0 heterocycles. The van der Waals surface area contributed by atoms with Gasteiger partial charge in [-0.25, -0.2) is 0 Å². The maximum Gasteiger partial charge on any atom is 0.0120 e. The van der Waals surface area contributed by atoms with Gasteiger partial charge in [0.2, 0.25) is 0 Å². The van der Waals surface area contributed by atoms with Crippen LogP contribution in [0.4, 0.5) is 0 Å². The molecule has 1 aromatic rings. The van der Waals surface area contributed by atoms with Crippen LogP contribution in [0.3, 0.4) is 0 Å². The van der Waals surface area contributed by atoms with Crippen molar-refractivity contribution < 1.29 is 0 Å². The predicted octanol–water partition coefficient (Wildman–Crippen LogP) is 7.91. The molecule has 0 amide bonds. The molecule has 3 aliphatic carbocycles. The van der Waals surface area contributed by atoms with E-state index in [0.717, 1.165) is 24.7 Å². The fourth-order valence-electron chi connectivity index (χ4n) is 5.57. The summed E-state index contributed by atoms with van der Waals surface area (Å²) >= 11 is 0. The van der Waals surface area contributed by atoms with Crippen LogP contribution in [0.1, 0.15) is 68.6 Å². The highest BCUT2D eigenvalue weighted by Crippen LogP contribution is 2.49. The molecule has 152 valence electrons. The van der Waals surface area contributed by atoms with Crippen molar-refractivity contribution in [3.8, 4) is 0 Å². The van der Waals surface area contributed by atoms with Crippen LogP contribution in [0.25, 0.3) is 0 Å². The highest BCUT2D eigenvalue weighted by Gasteiger charge is 2.35. The van der Waals surface area contributed by atoms with Crippen molar-refractivity contribution >= 4 is 0 Å². The van der Waals surface area contributed by atoms with Crippen molar-refractivity contribution in [2.45, 2.75) is 58.3 Å². The van der Waals surface area contributed by atoms with E-state index in [4.69, 9.17) is 0 Å². The van der Waals surface area contributed by atoms with E-state index in [1.54, 1.807) is 5.57 Å². The summed E-state index contributed by atoms with van der Waals surface area (Å²) < 4.78 is 0. The Kier molecular flexibility index (Phi) is 6.09. The largest absolute Gasteiger partial charge is 0.102 e. The monoisotopic (exact) mass is 384 g/mol. The Morgan fingerprint density at radius 1 is 1.10 bits per heavy atom. The van der Waals surface area contributed by atoms with Gasteiger partial charge in [0.25, 0.3) is 0 Å². The van der Waals surface area contributed by atoms with Gasteiger partial charge in [0.05, 0.1) is 0 Å². The van der Waals surface area contributed by atoms with Crippen molar-refractivity contribution in [1.82, 2.24) is 0 Å². The number of hydrogen-bond donors (Lipinski definition) is 0. The number of rotatable bonds is 6. The van der Waals surface area contributed by atoms with Crippen LogP contribution in [0, 0.1) is 23.7 Å². The van der Waals surface area contributed by atoms with Crippen molar-refractivity contribution in [3.63, 3.8) is 0 Å². The highest BCUT2D eigenvalue weighted by atomic mass is 14.4. The van der Waals surface area contributed by atoms with Crippen molar-refractivity contribution in [2.75, 3.05) is 0 Å². The number of benzene rings is 1. The van der Waals surface area contributed by atoms with Crippen LogP contribution in [-0.4, -0.2) is 0 Å². The molecule has 1 fully saturated rings. The van der Waals surface area contributed by atoms with Gasteiger partial charge in [-0.2, -0.15) is 0 Å². The molecule has 1 aromatic carbocycles. The van der Waals surface area contributed by atoms with Crippen LogP contribution in [-0.2, 0) is 6.42 Å². The second-order valence-corrected chi connectivity index (χ2v) is 9.26. The van der Waals surface area contributed by atoms with Crippen LogP contribution in [0.5, 0.6) is 0 Å². The van der Waals surface area contributed by atoms with E-state index < -0.39 is 0 Å². The Morgan fingerprint density at radius 2 is 1.97 bits per heavy atom. The summed E-state index contributed by atoms with van der Waals surface area (Å²) in [6.07, 6.45) is 23.6. The summed E-state index contributed by atoms with van der Waals surface area (Å²) in [5, 5.41) is 0. The maximum absolute atomic E-state index is 4.19. The molecule has 1 saturated carbocycles.